The molecule has 1 saturated carbocycles. The number of amides is 1. The Hall–Kier alpha value is -2.62. The first-order valence-electron chi connectivity index (χ1n) is 7.83. The Balaban J connectivity index is 1.63. The number of aromatic amines is 1. The van der Waals surface area contributed by atoms with E-state index in [1.807, 2.05) is 18.2 Å². The third-order valence-corrected chi connectivity index (χ3v) is 4.71. The average Bonchev–Trinajstić information content (AvgIpc) is 2.94. The van der Waals surface area contributed by atoms with Gasteiger partial charge < -0.3 is 10.3 Å². The molecule has 1 aliphatic rings. The first kappa shape index (κ1) is 14.0. The Kier molecular flexibility index (Phi) is 3.18. The highest BCUT2D eigenvalue weighted by atomic mass is 19.1. The molecule has 4 rings (SSSR count). The lowest BCUT2D eigenvalue weighted by molar-refractivity contribution is 0.0819. The Morgan fingerprint density at radius 3 is 2.57 bits per heavy atom. The summed E-state index contributed by atoms with van der Waals surface area (Å²) in [7, 11) is 0. The van der Waals surface area contributed by atoms with Gasteiger partial charge in [-0.15, -0.1) is 0 Å². The van der Waals surface area contributed by atoms with Gasteiger partial charge in [0.15, 0.2) is 0 Å². The van der Waals surface area contributed by atoms with E-state index in [-0.39, 0.29) is 17.3 Å². The summed E-state index contributed by atoms with van der Waals surface area (Å²) in [6.45, 7) is 0. The van der Waals surface area contributed by atoms with E-state index in [1.54, 1.807) is 12.1 Å². The molecule has 1 heterocycles. The van der Waals surface area contributed by atoms with Crippen molar-refractivity contribution in [2.75, 3.05) is 0 Å². The van der Waals surface area contributed by atoms with Gasteiger partial charge >= 0.3 is 0 Å². The summed E-state index contributed by atoms with van der Waals surface area (Å²) in [5, 5.41) is 3.88. The van der Waals surface area contributed by atoms with E-state index < -0.39 is 0 Å². The van der Waals surface area contributed by atoms with Gasteiger partial charge in [-0.2, -0.15) is 0 Å². The number of halogens is 1. The molecule has 1 aromatic heterocycles. The van der Waals surface area contributed by atoms with Crippen LogP contribution in [0, 0.1) is 5.82 Å². The van der Waals surface area contributed by atoms with Crippen molar-refractivity contribution in [1.82, 2.24) is 10.3 Å². The molecule has 4 heteroatoms. The van der Waals surface area contributed by atoms with Crippen molar-refractivity contribution in [1.29, 1.82) is 0 Å². The molecule has 1 aliphatic carbocycles. The lowest BCUT2D eigenvalue weighted by Crippen LogP contribution is -2.50. The van der Waals surface area contributed by atoms with E-state index in [4.69, 9.17) is 0 Å². The highest BCUT2D eigenvalue weighted by Crippen LogP contribution is 2.41. The molecule has 0 bridgehead atoms. The second-order valence-electron chi connectivity index (χ2n) is 6.17. The molecule has 1 fully saturated rings. The SMILES string of the molecule is O=C(NC1(c2ccccc2)CCC1)c1cc2cc(F)ccc2[nH]1. The minimum atomic E-state index is -0.303. The smallest absolute Gasteiger partial charge is 0.268 e. The fourth-order valence-corrected chi connectivity index (χ4v) is 3.28. The van der Waals surface area contributed by atoms with Crippen molar-refractivity contribution < 1.29 is 9.18 Å². The minimum absolute atomic E-state index is 0.148. The summed E-state index contributed by atoms with van der Waals surface area (Å²) >= 11 is 0. The lowest BCUT2D eigenvalue weighted by Gasteiger charge is -2.43. The molecular weight excluding hydrogens is 291 g/mol. The number of hydrogen-bond acceptors (Lipinski definition) is 1. The Morgan fingerprint density at radius 2 is 1.87 bits per heavy atom. The summed E-state index contributed by atoms with van der Waals surface area (Å²) in [5.41, 5.74) is 2.09. The van der Waals surface area contributed by atoms with Crippen molar-refractivity contribution in [2.24, 2.45) is 0 Å². The second-order valence-corrected chi connectivity index (χ2v) is 6.17. The van der Waals surface area contributed by atoms with Gasteiger partial charge in [0.2, 0.25) is 0 Å². The molecule has 0 aliphatic heterocycles. The molecule has 23 heavy (non-hydrogen) atoms. The number of rotatable bonds is 3. The predicted molar refractivity (Wildman–Crippen MR) is 87.7 cm³/mol. The molecular formula is C19H17FN2O. The first-order valence-corrected chi connectivity index (χ1v) is 7.83. The second kappa shape index (κ2) is 5.23. The Bertz CT molecular complexity index is 865. The van der Waals surface area contributed by atoms with E-state index in [1.165, 1.54) is 12.1 Å². The maximum atomic E-state index is 13.3. The summed E-state index contributed by atoms with van der Waals surface area (Å²) in [4.78, 5) is 15.7. The van der Waals surface area contributed by atoms with Crippen molar-refractivity contribution in [3.63, 3.8) is 0 Å². The van der Waals surface area contributed by atoms with E-state index in [0.29, 0.717) is 11.1 Å². The van der Waals surface area contributed by atoms with Crippen LogP contribution in [0.15, 0.2) is 54.6 Å². The number of carbonyl (C=O) groups is 1. The third-order valence-electron chi connectivity index (χ3n) is 4.71. The molecule has 2 aromatic carbocycles. The van der Waals surface area contributed by atoms with Crippen molar-refractivity contribution >= 4 is 16.8 Å². The summed E-state index contributed by atoms with van der Waals surface area (Å²) in [6, 6.07) is 16.2. The van der Waals surface area contributed by atoms with Crippen LogP contribution in [0.1, 0.15) is 35.3 Å². The predicted octanol–water partition coefficient (Wildman–Crippen LogP) is 4.12. The Labute approximate surface area is 133 Å². The summed E-state index contributed by atoms with van der Waals surface area (Å²) < 4.78 is 13.3. The zero-order valence-corrected chi connectivity index (χ0v) is 12.6. The average molecular weight is 308 g/mol. The molecule has 0 saturated heterocycles. The van der Waals surface area contributed by atoms with Gasteiger partial charge in [-0.25, -0.2) is 4.39 Å². The lowest BCUT2D eigenvalue weighted by atomic mass is 9.71. The van der Waals surface area contributed by atoms with Crippen LogP contribution >= 0.6 is 0 Å². The zero-order chi connectivity index (χ0) is 15.9. The molecule has 3 nitrogen and oxygen atoms in total. The van der Waals surface area contributed by atoms with Gasteiger partial charge in [0, 0.05) is 10.9 Å². The van der Waals surface area contributed by atoms with Crippen molar-refractivity contribution in [3.8, 4) is 0 Å². The fraction of sp³-hybridized carbons (Fsp3) is 0.211. The van der Waals surface area contributed by atoms with Crippen LogP contribution in [0.2, 0.25) is 0 Å². The summed E-state index contributed by atoms with van der Waals surface area (Å²) in [6.07, 6.45) is 2.99. The number of fused-ring (bicyclic) bond motifs is 1. The van der Waals surface area contributed by atoms with Crippen molar-refractivity contribution in [3.05, 3.63) is 71.7 Å². The maximum absolute atomic E-state index is 13.3. The first-order chi connectivity index (χ1) is 11.2. The molecule has 3 aromatic rings. The number of hydrogen-bond donors (Lipinski definition) is 2. The number of carbonyl (C=O) groups excluding carboxylic acids is 1. The van der Waals surface area contributed by atoms with Crippen LogP contribution in [0.4, 0.5) is 4.39 Å². The zero-order valence-electron chi connectivity index (χ0n) is 12.6. The van der Waals surface area contributed by atoms with E-state index in [0.717, 1.165) is 30.3 Å². The van der Waals surface area contributed by atoms with E-state index >= 15 is 0 Å². The molecule has 1 amide bonds. The fourth-order valence-electron chi connectivity index (χ4n) is 3.28. The standard InChI is InChI=1S/C19H17FN2O/c20-15-7-8-16-13(11-15)12-17(21-16)18(23)22-19(9-4-10-19)14-5-2-1-3-6-14/h1-3,5-8,11-12,21H,4,9-10H2,(H,22,23). The molecule has 116 valence electrons. The largest absolute Gasteiger partial charge is 0.351 e. The van der Waals surface area contributed by atoms with E-state index in [9.17, 15) is 9.18 Å². The number of benzene rings is 2. The third kappa shape index (κ3) is 2.40. The molecule has 0 atom stereocenters. The van der Waals surface area contributed by atoms with Crippen LogP contribution in [-0.2, 0) is 5.54 Å². The van der Waals surface area contributed by atoms with Crippen LogP contribution < -0.4 is 5.32 Å². The van der Waals surface area contributed by atoms with Crippen LogP contribution in [-0.4, -0.2) is 10.9 Å². The quantitative estimate of drug-likeness (QED) is 0.751. The molecule has 2 N–H and O–H groups in total. The highest BCUT2D eigenvalue weighted by Gasteiger charge is 2.40. The van der Waals surface area contributed by atoms with Gasteiger partial charge in [-0.3, -0.25) is 4.79 Å². The maximum Gasteiger partial charge on any atom is 0.268 e. The Morgan fingerprint density at radius 1 is 1.09 bits per heavy atom. The molecule has 0 radical (unpaired) electrons. The summed E-state index contributed by atoms with van der Waals surface area (Å²) in [5.74, 6) is -0.451. The molecule has 0 spiro atoms. The van der Waals surface area contributed by atoms with Crippen LogP contribution in [0.25, 0.3) is 10.9 Å². The van der Waals surface area contributed by atoms with Crippen LogP contribution in [0.3, 0.4) is 0 Å². The van der Waals surface area contributed by atoms with Crippen LogP contribution in [0.5, 0.6) is 0 Å². The van der Waals surface area contributed by atoms with Gasteiger partial charge in [0.25, 0.3) is 5.91 Å². The molecule has 0 unspecified atom stereocenters. The van der Waals surface area contributed by atoms with Gasteiger partial charge in [-0.1, -0.05) is 30.3 Å². The highest BCUT2D eigenvalue weighted by molar-refractivity contribution is 5.98. The topological polar surface area (TPSA) is 44.9 Å². The normalized spacial score (nSPS) is 16.0. The van der Waals surface area contributed by atoms with E-state index in [2.05, 4.69) is 22.4 Å². The monoisotopic (exact) mass is 308 g/mol. The van der Waals surface area contributed by atoms with Crippen molar-refractivity contribution in [2.45, 2.75) is 24.8 Å². The number of aromatic nitrogens is 1. The van der Waals surface area contributed by atoms with Gasteiger partial charge in [0.1, 0.15) is 11.5 Å². The van der Waals surface area contributed by atoms with Gasteiger partial charge in [-0.05, 0) is 49.1 Å². The van der Waals surface area contributed by atoms with Gasteiger partial charge in [0.05, 0.1) is 5.54 Å². The minimum Gasteiger partial charge on any atom is -0.351 e. The number of H-pyrrole nitrogens is 1. The number of nitrogens with one attached hydrogen (secondary N) is 2.